The fraction of sp³-hybridized carbons (Fsp3) is 0.529. The molecule has 2 saturated heterocycles. The fourth-order valence-electron chi connectivity index (χ4n) is 3.06. The van der Waals surface area contributed by atoms with Crippen molar-refractivity contribution in [2.75, 3.05) is 26.2 Å². The second-order valence-corrected chi connectivity index (χ2v) is 6.08. The summed E-state index contributed by atoms with van der Waals surface area (Å²) in [4.78, 5) is 27.7. The molecule has 0 radical (unpaired) electrons. The van der Waals surface area contributed by atoms with Gasteiger partial charge in [0.1, 0.15) is 11.9 Å². The molecule has 5 heteroatoms. The summed E-state index contributed by atoms with van der Waals surface area (Å²) in [7, 11) is 0. The van der Waals surface area contributed by atoms with Crippen molar-refractivity contribution in [3.63, 3.8) is 0 Å². The Morgan fingerprint density at radius 1 is 1.27 bits per heavy atom. The molecule has 5 nitrogen and oxygen atoms in total. The van der Waals surface area contributed by atoms with Crippen molar-refractivity contribution in [2.45, 2.75) is 26.4 Å². The van der Waals surface area contributed by atoms with Crippen molar-refractivity contribution < 1.29 is 14.3 Å². The normalized spacial score (nSPS) is 21.9. The molecule has 0 aliphatic carbocycles. The number of rotatable bonds is 4. The number of likely N-dealkylation sites (tertiary alicyclic amines) is 2. The van der Waals surface area contributed by atoms with E-state index in [1.807, 2.05) is 38.1 Å². The van der Waals surface area contributed by atoms with Crippen LogP contribution in [0.1, 0.15) is 18.9 Å². The number of nitrogens with zero attached hydrogens (tertiary/aromatic N) is 2. The van der Waals surface area contributed by atoms with Crippen LogP contribution in [0.4, 0.5) is 0 Å². The van der Waals surface area contributed by atoms with Crippen LogP contribution < -0.4 is 4.74 Å². The first-order valence-electron chi connectivity index (χ1n) is 7.87. The zero-order valence-electron chi connectivity index (χ0n) is 13.1. The number of ether oxygens (including phenoxy) is 1. The Hall–Kier alpha value is -2.04. The number of hydrogen-bond acceptors (Lipinski definition) is 3. The highest BCUT2D eigenvalue weighted by atomic mass is 16.5. The fourth-order valence-corrected chi connectivity index (χ4v) is 3.06. The van der Waals surface area contributed by atoms with Gasteiger partial charge in [0.15, 0.2) is 0 Å². The monoisotopic (exact) mass is 302 g/mol. The highest BCUT2D eigenvalue weighted by Gasteiger charge is 2.40. The van der Waals surface area contributed by atoms with Crippen molar-refractivity contribution in [2.24, 2.45) is 5.92 Å². The minimum atomic E-state index is -0.174. The molecule has 2 amide bonds. The molecule has 22 heavy (non-hydrogen) atoms. The van der Waals surface area contributed by atoms with E-state index in [0.29, 0.717) is 32.6 Å². The lowest BCUT2D eigenvalue weighted by atomic mass is 10.0. The van der Waals surface area contributed by atoms with E-state index in [0.717, 1.165) is 11.3 Å². The second kappa shape index (κ2) is 5.99. The van der Waals surface area contributed by atoms with Crippen molar-refractivity contribution in [1.82, 2.24) is 9.80 Å². The molecule has 0 saturated carbocycles. The summed E-state index contributed by atoms with van der Waals surface area (Å²) >= 11 is 0. The maximum absolute atomic E-state index is 12.4. The van der Waals surface area contributed by atoms with E-state index < -0.39 is 0 Å². The predicted molar refractivity (Wildman–Crippen MR) is 82.5 cm³/mol. The maximum atomic E-state index is 12.4. The summed E-state index contributed by atoms with van der Waals surface area (Å²) in [5.41, 5.74) is 1.10. The van der Waals surface area contributed by atoms with Crippen LogP contribution >= 0.6 is 0 Å². The third kappa shape index (κ3) is 2.80. The largest absolute Gasteiger partial charge is 0.486 e. The quantitative estimate of drug-likeness (QED) is 0.846. The zero-order chi connectivity index (χ0) is 15.7. The van der Waals surface area contributed by atoms with Crippen LogP contribution in [0.5, 0.6) is 5.75 Å². The van der Waals surface area contributed by atoms with Gasteiger partial charge in [0, 0.05) is 19.5 Å². The van der Waals surface area contributed by atoms with E-state index in [1.165, 1.54) is 0 Å². The summed E-state index contributed by atoms with van der Waals surface area (Å²) < 4.78 is 5.92. The number of amides is 2. The Bertz CT molecular complexity index is 581. The Morgan fingerprint density at radius 3 is 2.64 bits per heavy atom. The van der Waals surface area contributed by atoms with Gasteiger partial charge in [-0.05, 0) is 25.5 Å². The van der Waals surface area contributed by atoms with Crippen LogP contribution in [0.2, 0.25) is 0 Å². The van der Waals surface area contributed by atoms with E-state index in [9.17, 15) is 9.59 Å². The van der Waals surface area contributed by atoms with Gasteiger partial charge in [-0.15, -0.1) is 0 Å². The third-order valence-corrected chi connectivity index (χ3v) is 4.49. The molecule has 118 valence electrons. The molecule has 2 aliphatic rings. The van der Waals surface area contributed by atoms with E-state index in [4.69, 9.17) is 4.74 Å². The van der Waals surface area contributed by atoms with Crippen molar-refractivity contribution in [3.8, 4) is 5.75 Å². The number of hydrogen-bond donors (Lipinski definition) is 0. The number of carbonyl (C=O) groups excluding carboxylic acids is 2. The lowest BCUT2D eigenvalue weighted by Crippen LogP contribution is -2.57. The Labute approximate surface area is 130 Å². The molecular weight excluding hydrogens is 280 g/mol. The third-order valence-electron chi connectivity index (χ3n) is 4.49. The van der Waals surface area contributed by atoms with Gasteiger partial charge in [-0.2, -0.15) is 0 Å². The SMILES string of the molecule is CCN1C[C@@H](C(=O)N2CC(Oc3ccccc3C)C2)CC1=O. The number of para-hydroxylation sites is 1. The summed E-state index contributed by atoms with van der Waals surface area (Å²) in [5, 5.41) is 0. The van der Waals surface area contributed by atoms with Gasteiger partial charge in [0.05, 0.1) is 19.0 Å². The van der Waals surface area contributed by atoms with Gasteiger partial charge < -0.3 is 14.5 Å². The first-order valence-corrected chi connectivity index (χ1v) is 7.87. The van der Waals surface area contributed by atoms with E-state index in [2.05, 4.69) is 0 Å². The van der Waals surface area contributed by atoms with E-state index in [-0.39, 0.29) is 23.8 Å². The minimum absolute atomic E-state index is 0.0597. The number of aryl methyl sites for hydroxylation is 1. The van der Waals surface area contributed by atoms with Crippen LogP contribution in [0, 0.1) is 12.8 Å². The van der Waals surface area contributed by atoms with Gasteiger partial charge in [-0.25, -0.2) is 0 Å². The highest BCUT2D eigenvalue weighted by molar-refractivity contribution is 5.89. The Kier molecular flexibility index (Phi) is 4.05. The average molecular weight is 302 g/mol. The maximum Gasteiger partial charge on any atom is 0.228 e. The molecule has 0 unspecified atom stereocenters. The molecule has 0 spiro atoms. The van der Waals surface area contributed by atoms with Crippen LogP contribution in [0.25, 0.3) is 0 Å². The summed E-state index contributed by atoms with van der Waals surface area (Å²) in [6.07, 6.45) is 0.413. The van der Waals surface area contributed by atoms with Gasteiger partial charge in [-0.3, -0.25) is 9.59 Å². The average Bonchev–Trinajstić information content (AvgIpc) is 2.84. The minimum Gasteiger partial charge on any atom is -0.486 e. The van der Waals surface area contributed by atoms with Crippen LogP contribution in [0.15, 0.2) is 24.3 Å². The van der Waals surface area contributed by atoms with Crippen molar-refractivity contribution >= 4 is 11.8 Å². The molecule has 2 heterocycles. The van der Waals surface area contributed by atoms with E-state index >= 15 is 0 Å². The van der Waals surface area contributed by atoms with Crippen LogP contribution in [0.3, 0.4) is 0 Å². The van der Waals surface area contributed by atoms with Gasteiger partial charge >= 0.3 is 0 Å². The summed E-state index contributed by atoms with van der Waals surface area (Å²) in [6, 6.07) is 7.90. The van der Waals surface area contributed by atoms with Gasteiger partial charge in [-0.1, -0.05) is 18.2 Å². The van der Waals surface area contributed by atoms with Crippen LogP contribution in [-0.2, 0) is 9.59 Å². The smallest absolute Gasteiger partial charge is 0.228 e. The first-order chi connectivity index (χ1) is 10.6. The molecule has 1 aromatic carbocycles. The van der Waals surface area contributed by atoms with Gasteiger partial charge in [0.25, 0.3) is 0 Å². The summed E-state index contributed by atoms with van der Waals surface area (Å²) in [6.45, 7) is 6.43. The van der Waals surface area contributed by atoms with Gasteiger partial charge in [0.2, 0.25) is 11.8 Å². The second-order valence-electron chi connectivity index (χ2n) is 6.08. The van der Waals surface area contributed by atoms with E-state index in [1.54, 1.807) is 9.80 Å². The standard InChI is InChI=1S/C17H22N2O3/c1-3-18-9-13(8-16(18)20)17(21)19-10-14(11-19)22-15-7-5-4-6-12(15)2/h4-7,13-14H,3,8-11H2,1-2H3/t13-/m0/s1. The number of carbonyl (C=O) groups is 2. The lowest BCUT2D eigenvalue weighted by Gasteiger charge is -2.40. The topological polar surface area (TPSA) is 49.9 Å². The molecule has 0 aromatic heterocycles. The van der Waals surface area contributed by atoms with Crippen LogP contribution in [-0.4, -0.2) is 53.9 Å². The molecule has 2 aliphatic heterocycles. The first kappa shape index (κ1) is 14.9. The van der Waals surface area contributed by atoms with Crippen molar-refractivity contribution in [1.29, 1.82) is 0 Å². The molecule has 2 fully saturated rings. The summed E-state index contributed by atoms with van der Waals surface area (Å²) in [5.74, 6) is 0.891. The molecule has 3 rings (SSSR count). The zero-order valence-corrected chi connectivity index (χ0v) is 13.1. The molecule has 1 atom stereocenters. The lowest BCUT2D eigenvalue weighted by molar-refractivity contribution is -0.144. The molecular formula is C17H22N2O3. The Balaban J connectivity index is 1.50. The highest BCUT2D eigenvalue weighted by Crippen LogP contribution is 2.25. The molecule has 1 aromatic rings. The molecule has 0 N–H and O–H groups in total. The number of benzene rings is 1. The molecule has 0 bridgehead atoms. The predicted octanol–water partition coefficient (Wildman–Crippen LogP) is 1.45. The van der Waals surface area contributed by atoms with Crippen molar-refractivity contribution in [3.05, 3.63) is 29.8 Å². The Morgan fingerprint density at radius 2 is 2.00 bits per heavy atom.